The first-order chi connectivity index (χ1) is 15.8. The Morgan fingerprint density at radius 3 is 2.18 bits per heavy atom. The highest BCUT2D eigenvalue weighted by Crippen LogP contribution is 2.33. The van der Waals surface area contributed by atoms with Gasteiger partial charge in [-0.2, -0.15) is 10.2 Å². The van der Waals surface area contributed by atoms with Crippen molar-refractivity contribution in [2.45, 2.75) is 38.0 Å². The predicted octanol–water partition coefficient (Wildman–Crippen LogP) is 3.15. The van der Waals surface area contributed by atoms with Gasteiger partial charge < -0.3 is 5.11 Å². The molecule has 1 heterocycles. The number of amides is 1. The standard InChI is InChI=1S/C24H29N5O4S/c1-15(26-27-23(31)17-9-13-19(14-10-17)34(32,33)25-5)20-22(30)21(29(6)28-20)16-7-11-18(12-8-16)24(2,3)4/h7-14,25,30H,1-6H3,(H,27,31). The third-order valence-electron chi connectivity index (χ3n) is 5.41. The van der Waals surface area contributed by atoms with Gasteiger partial charge in [0.1, 0.15) is 5.69 Å². The van der Waals surface area contributed by atoms with Gasteiger partial charge in [0.05, 0.1) is 10.6 Å². The Morgan fingerprint density at radius 2 is 1.65 bits per heavy atom. The number of nitrogens with zero attached hydrogens (tertiary/aromatic N) is 3. The summed E-state index contributed by atoms with van der Waals surface area (Å²) >= 11 is 0. The number of hydrazone groups is 1. The van der Waals surface area contributed by atoms with Crippen molar-refractivity contribution in [3.05, 3.63) is 65.4 Å². The Hall–Kier alpha value is -3.50. The van der Waals surface area contributed by atoms with Gasteiger partial charge >= 0.3 is 0 Å². The van der Waals surface area contributed by atoms with Crippen molar-refractivity contribution in [2.75, 3.05) is 7.05 Å². The molecule has 10 heteroatoms. The van der Waals surface area contributed by atoms with Crippen LogP contribution in [0.3, 0.4) is 0 Å². The summed E-state index contributed by atoms with van der Waals surface area (Å²) in [6.45, 7) is 8.02. The van der Waals surface area contributed by atoms with Gasteiger partial charge in [-0.1, -0.05) is 45.0 Å². The molecule has 3 aromatic rings. The third kappa shape index (κ3) is 5.18. The molecule has 0 radical (unpaired) electrons. The second-order valence-electron chi connectivity index (χ2n) is 8.87. The van der Waals surface area contributed by atoms with Crippen LogP contribution < -0.4 is 10.1 Å². The number of aromatic hydroxyl groups is 1. The largest absolute Gasteiger partial charge is 0.504 e. The second-order valence-corrected chi connectivity index (χ2v) is 10.8. The van der Waals surface area contributed by atoms with Gasteiger partial charge in [-0.25, -0.2) is 18.6 Å². The zero-order chi connectivity index (χ0) is 25.3. The van der Waals surface area contributed by atoms with Crippen LogP contribution in [0.25, 0.3) is 11.3 Å². The van der Waals surface area contributed by atoms with Crippen LogP contribution in [0.5, 0.6) is 5.75 Å². The zero-order valence-electron chi connectivity index (χ0n) is 20.0. The van der Waals surface area contributed by atoms with Crippen LogP contribution in [0.1, 0.15) is 49.3 Å². The van der Waals surface area contributed by atoms with Crippen LogP contribution >= 0.6 is 0 Å². The van der Waals surface area contributed by atoms with Crippen molar-refractivity contribution in [1.29, 1.82) is 0 Å². The number of benzene rings is 2. The summed E-state index contributed by atoms with van der Waals surface area (Å²) < 4.78 is 27.4. The smallest absolute Gasteiger partial charge is 0.271 e. The van der Waals surface area contributed by atoms with Crippen molar-refractivity contribution in [3.63, 3.8) is 0 Å². The molecule has 180 valence electrons. The Morgan fingerprint density at radius 1 is 1.06 bits per heavy atom. The van der Waals surface area contributed by atoms with Gasteiger partial charge in [-0.05, 0) is 49.2 Å². The SMILES string of the molecule is CNS(=O)(=O)c1ccc(C(=O)NN=C(C)c2nn(C)c(-c3ccc(C(C)(C)C)cc3)c2O)cc1. The first-order valence-corrected chi connectivity index (χ1v) is 12.1. The summed E-state index contributed by atoms with van der Waals surface area (Å²) in [6, 6.07) is 13.4. The van der Waals surface area contributed by atoms with E-state index in [2.05, 4.69) is 41.1 Å². The summed E-state index contributed by atoms with van der Waals surface area (Å²) in [6.07, 6.45) is 0. The lowest BCUT2D eigenvalue weighted by Crippen LogP contribution is -2.21. The number of aryl methyl sites for hydroxylation is 1. The molecule has 0 bridgehead atoms. The maximum Gasteiger partial charge on any atom is 0.271 e. The van der Waals surface area contributed by atoms with E-state index in [0.717, 1.165) is 5.56 Å². The molecule has 0 saturated heterocycles. The van der Waals surface area contributed by atoms with E-state index in [9.17, 15) is 18.3 Å². The Balaban J connectivity index is 1.80. The van der Waals surface area contributed by atoms with E-state index in [1.165, 1.54) is 36.9 Å². The maximum atomic E-state index is 12.4. The van der Waals surface area contributed by atoms with Crippen molar-refractivity contribution in [1.82, 2.24) is 19.9 Å². The molecule has 0 atom stereocenters. The second kappa shape index (κ2) is 9.40. The highest BCUT2D eigenvalue weighted by Gasteiger charge is 2.21. The summed E-state index contributed by atoms with van der Waals surface area (Å²) in [5.74, 6) is -0.565. The van der Waals surface area contributed by atoms with Crippen LogP contribution in [-0.4, -0.2) is 42.0 Å². The van der Waals surface area contributed by atoms with Crippen LogP contribution in [0.2, 0.25) is 0 Å². The topological polar surface area (TPSA) is 126 Å². The molecule has 0 aliphatic carbocycles. The third-order valence-corrected chi connectivity index (χ3v) is 6.84. The highest BCUT2D eigenvalue weighted by atomic mass is 32.2. The normalized spacial score (nSPS) is 12.6. The zero-order valence-corrected chi connectivity index (χ0v) is 20.9. The monoisotopic (exact) mass is 483 g/mol. The Bertz CT molecular complexity index is 1330. The minimum atomic E-state index is -3.59. The van der Waals surface area contributed by atoms with Crippen LogP contribution in [0.4, 0.5) is 0 Å². The molecule has 1 aromatic heterocycles. The lowest BCUT2D eigenvalue weighted by atomic mass is 9.86. The lowest BCUT2D eigenvalue weighted by molar-refractivity contribution is 0.0954. The van der Waals surface area contributed by atoms with Crippen LogP contribution in [-0.2, 0) is 22.5 Å². The molecular formula is C24H29N5O4S. The van der Waals surface area contributed by atoms with Crippen molar-refractivity contribution in [2.24, 2.45) is 12.1 Å². The van der Waals surface area contributed by atoms with E-state index >= 15 is 0 Å². The molecular weight excluding hydrogens is 454 g/mol. The van der Waals surface area contributed by atoms with Gasteiger partial charge in [0.2, 0.25) is 10.0 Å². The summed E-state index contributed by atoms with van der Waals surface area (Å²) in [4.78, 5) is 12.5. The minimum absolute atomic E-state index is 0.0150. The molecule has 0 spiro atoms. The molecule has 3 rings (SSSR count). The summed E-state index contributed by atoms with van der Waals surface area (Å²) in [5, 5.41) is 19.3. The Labute approximate surface area is 199 Å². The average Bonchev–Trinajstić information content (AvgIpc) is 3.10. The highest BCUT2D eigenvalue weighted by molar-refractivity contribution is 7.89. The van der Waals surface area contributed by atoms with E-state index in [-0.39, 0.29) is 27.3 Å². The van der Waals surface area contributed by atoms with Gasteiger partial charge in [0.25, 0.3) is 5.91 Å². The maximum absolute atomic E-state index is 12.4. The van der Waals surface area contributed by atoms with Gasteiger partial charge in [0.15, 0.2) is 11.4 Å². The summed E-state index contributed by atoms with van der Waals surface area (Å²) in [5.41, 5.74) is 5.74. The van der Waals surface area contributed by atoms with Crippen molar-refractivity contribution < 1.29 is 18.3 Å². The number of carbonyl (C=O) groups excluding carboxylic acids is 1. The quantitative estimate of drug-likeness (QED) is 0.367. The molecule has 0 aliphatic heterocycles. The molecule has 2 aromatic carbocycles. The number of carbonyl (C=O) groups is 1. The molecule has 9 nitrogen and oxygen atoms in total. The van der Waals surface area contributed by atoms with Gasteiger partial charge in [0, 0.05) is 18.2 Å². The predicted molar refractivity (Wildman–Crippen MR) is 131 cm³/mol. The van der Waals surface area contributed by atoms with Crippen molar-refractivity contribution >= 4 is 21.6 Å². The molecule has 34 heavy (non-hydrogen) atoms. The van der Waals surface area contributed by atoms with E-state index in [1.54, 1.807) is 18.7 Å². The van der Waals surface area contributed by atoms with Crippen molar-refractivity contribution in [3.8, 4) is 17.0 Å². The number of hydrogen-bond donors (Lipinski definition) is 3. The number of rotatable bonds is 6. The molecule has 3 N–H and O–H groups in total. The van der Waals surface area contributed by atoms with E-state index in [0.29, 0.717) is 11.4 Å². The summed E-state index contributed by atoms with van der Waals surface area (Å²) in [7, 11) is -0.552. The van der Waals surface area contributed by atoms with Gasteiger partial charge in [-0.15, -0.1) is 0 Å². The molecule has 0 unspecified atom stereocenters. The fourth-order valence-corrected chi connectivity index (χ4v) is 4.09. The first kappa shape index (κ1) is 25.1. The number of sulfonamides is 1. The Kier molecular flexibility index (Phi) is 6.94. The fraction of sp³-hybridized carbons (Fsp3) is 0.292. The molecule has 0 aliphatic rings. The molecule has 1 amide bonds. The molecule has 0 saturated carbocycles. The average molecular weight is 484 g/mol. The van der Waals surface area contributed by atoms with E-state index in [1.807, 2.05) is 24.3 Å². The van der Waals surface area contributed by atoms with E-state index in [4.69, 9.17) is 0 Å². The first-order valence-electron chi connectivity index (χ1n) is 10.6. The number of aromatic nitrogens is 2. The number of nitrogens with one attached hydrogen (secondary N) is 2. The minimum Gasteiger partial charge on any atom is -0.504 e. The van der Waals surface area contributed by atoms with Crippen LogP contribution in [0.15, 0.2) is 58.5 Å². The molecule has 0 fully saturated rings. The van der Waals surface area contributed by atoms with Gasteiger partial charge in [-0.3, -0.25) is 9.48 Å². The number of hydrogen-bond acceptors (Lipinski definition) is 6. The lowest BCUT2D eigenvalue weighted by Gasteiger charge is -2.19. The van der Waals surface area contributed by atoms with E-state index < -0.39 is 15.9 Å². The fourth-order valence-electron chi connectivity index (χ4n) is 3.36. The van der Waals surface area contributed by atoms with Crippen LogP contribution in [0, 0.1) is 0 Å².